The van der Waals surface area contributed by atoms with E-state index in [2.05, 4.69) is 15.9 Å². The molecule has 0 aliphatic rings. The molecule has 3 N–H and O–H groups in total. The smallest absolute Gasteiger partial charge is 0.115 e. The van der Waals surface area contributed by atoms with Crippen molar-refractivity contribution >= 4 is 32.5 Å². The van der Waals surface area contributed by atoms with E-state index < -0.39 is 0 Å². The fraction of sp³-hybridized carbons (Fsp3) is 0. The molecule has 0 atom stereocenters. The SMILES string of the molecule is Nc1c(Br)n(-c2ccc(O)cc2)c2ccccc12. The summed E-state index contributed by atoms with van der Waals surface area (Å²) in [6, 6.07) is 15.0. The number of aromatic nitrogens is 1. The highest BCUT2D eigenvalue weighted by molar-refractivity contribution is 9.10. The first-order valence-corrected chi connectivity index (χ1v) is 6.31. The Balaban J connectivity index is 2.35. The predicted octanol–water partition coefficient (Wildman–Crippen LogP) is 3.68. The summed E-state index contributed by atoms with van der Waals surface area (Å²) in [5, 5.41) is 10.4. The molecule has 0 fully saturated rings. The lowest BCUT2D eigenvalue weighted by Crippen LogP contribution is -1.94. The summed E-state index contributed by atoms with van der Waals surface area (Å²) in [6.45, 7) is 0. The number of nitrogens with zero attached hydrogens (tertiary/aromatic N) is 1. The van der Waals surface area contributed by atoms with Gasteiger partial charge in [-0.25, -0.2) is 0 Å². The molecule has 3 nitrogen and oxygen atoms in total. The van der Waals surface area contributed by atoms with Gasteiger partial charge in [0.15, 0.2) is 0 Å². The van der Waals surface area contributed by atoms with Crippen molar-refractivity contribution in [2.24, 2.45) is 0 Å². The second kappa shape index (κ2) is 4.07. The van der Waals surface area contributed by atoms with Gasteiger partial charge in [0.25, 0.3) is 0 Å². The molecule has 0 aliphatic heterocycles. The minimum absolute atomic E-state index is 0.249. The molecule has 2 aromatic carbocycles. The van der Waals surface area contributed by atoms with E-state index in [1.165, 1.54) is 0 Å². The van der Waals surface area contributed by atoms with Crippen molar-refractivity contribution in [2.75, 3.05) is 5.73 Å². The van der Waals surface area contributed by atoms with Gasteiger partial charge in [0.2, 0.25) is 0 Å². The van der Waals surface area contributed by atoms with Gasteiger partial charge in [-0.05, 0) is 46.3 Å². The summed E-state index contributed by atoms with van der Waals surface area (Å²) < 4.78 is 2.85. The molecular formula is C14H11BrN2O. The second-order valence-electron chi connectivity index (χ2n) is 4.07. The second-order valence-corrected chi connectivity index (χ2v) is 4.82. The third kappa shape index (κ3) is 1.57. The lowest BCUT2D eigenvalue weighted by Gasteiger charge is -2.07. The molecular weight excluding hydrogens is 292 g/mol. The van der Waals surface area contributed by atoms with Crippen molar-refractivity contribution in [3.63, 3.8) is 0 Å². The van der Waals surface area contributed by atoms with Gasteiger partial charge in [-0.15, -0.1) is 0 Å². The molecule has 0 aliphatic carbocycles. The van der Waals surface area contributed by atoms with Crippen molar-refractivity contribution in [1.29, 1.82) is 0 Å². The summed E-state index contributed by atoms with van der Waals surface area (Å²) in [5.41, 5.74) is 8.80. The number of fused-ring (bicyclic) bond motifs is 1. The molecule has 0 saturated heterocycles. The molecule has 0 radical (unpaired) electrons. The average Bonchev–Trinajstić information content (AvgIpc) is 2.64. The summed E-state index contributed by atoms with van der Waals surface area (Å²) >= 11 is 3.52. The quantitative estimate of drug-likeness (QED) is 0.720. The fourth-order valence-corrected chi connectivity index (χ4v) is 2.70. The zero-order valence-corrected chi connectivity index (χ0v) is 11.1. The van der Waals surface area contributed by atoms with Crippen molar-refractivity contribution in [1.82, 2.24) is 4.57 Å². The van der Waals surface area contributed by atoms with E-state index in [0.29, 0.717) is 0 Å². The van der Waals surface area contributed by atoms with Crippen LogP contribution >= 0.6 is 15.9 Å². The number of nitrogen functional groups attached to an aromatic ring is 1. The highest BCUT2D eigenvalue weighted by Crippen LogP contribution is 2.35. The maximum absolute atomic E-state index is 9.35. The van der Waals surface area contributed by atoms with Crippen molar-refractivity contribution in [3.05, 3.63) is 53.1 Å². The van der Waals surface area contributed by atoms with Gasteiger partial charge in [-0.1, -0.05) is 18.2 Å². The van der Waals surface area contributed by atoms with Crippen LogP contribution in [0.15, 0.2) is 53.1 Å². The Labute approximate surface area is 113 Å². The van der Waals surface area contributed by atoms with Crippen molar-refractivity contribution in [3.8, 4) is 11.4 Å². The molecule has 0 amide bonds. The number of para-hydroxylation sites is 1. The maximum Gasteiger partial charge on any atom is 0.115 e. The van der Waals surface area contributed by atoms with E-state index in [0.717, 1.165) is 26.9 Å². The summed E-state index contributed by atoms with van der Waals surface area (Å²) in [5.74, 6) is 0.249. The number of rotatable bonds is 1. The van der Waals surface area contributed by atoms with Gasteiger partial charge in [0, 0.05) is 11.1 Å². The standard InChI is InChI=1S/C14H11BrN2O/c15-14-13(16)11-3-1-2-4-12(11)17(14)9-5-7-10(18)8-6-9/h1-8,18H,16H2. The molecule has 0 bridgehead atoms. The molecule has 1 heterocycles. The lowest BCUT2D eigenvalue weighted by atomic mass is 10.2. The van der Waals surface area contributed by atoms with Crippen LogP contribution in [0, 0.1) is 0 Å². The predicted molar refractivity (Wildman–Crippen MR) is 77.1 cm³/mol. The number of halogens is 1. The molecule has 1 aromatic heterocycles. The Hall–Kier alpha value is -1.94. The van der Waals surface area contributed by atoms with Gasteiger partial charge in [0.05, 0.1) is 11.2 Å². The molecule has 90 valence electrons. The third-order valence-corrected chi connectivity index (χ3v) is 3.74. The van der Waals surface area contributed by atoms with Crippen LogP contribution in [0.2, 0.25) is 0 Å². The number of hydrogen-bond donors (Lipinski definition) is 2. The van der Waals surface area contributed by atoms with E-state index in [1.54, 1.807) is 12.1 Å². The number of hydrogen-bond acceptors (Lipinski definition) is 2. The monoisotopic (exact) mass is 302 g/mol. The van der Waals surface area contributed by atoms with E-state index >= 15 is 0 Å². The first-order chi connectivity index (χ1) is 8.68. The van der Waals surface area contributed by atoms with Gasteiger partial charge < -0.3 is 15.4 Å². The number of anilines is 1. The van der Waals surface area contributed by atoms with Gasteiger partial charge in [-0.2, -0.15) is 0 Å². The van der Waals surface area contributed by atoms with Crippen LogP contribution in [0.25, 0.3) is 16.6 Å². The molecule has 0 saturated carbocycles. The number of phenolic OH excluding ortho intramolecular Hbond substituents is 1. The number of benzene rings is 2. The van der Waals surface area contributed by atoms with Crippen molar-refractivity contribution < 1.29 is 5.11 Å². The molecule has 3 aromatic rings. The first-order valence-electron chi connectivity index (χ1n) is 5.52. The van der Waals surface area contributed by atoms with E-state index in [4.69, 9.17) is 5.73 Å². The minimum Gasteiger partial charge on any atom is -0.508 e. The zero-order valence-electron chi connectivity index (χ0n) is 9.47. The summed E-state index contributed by atoms with van der Waals surface area (Å²) in [7, 11) is 0. The van der Waals surface area contributed by atoms with Crippen LogP contribution in [0.5, 0.6) is 5.75 Å². The third-order valence-electron chi connectivity index (χ3n) is 2.96. The maximum atomic E-state index is 9.35. The van der Waals surface area contributed by atoms with E-state index in [9.17, 15) is 5.11 Å². The molecule has 0 unspecified atom stereocenters. The Kier molecular flexibility index (Phi) is 2.52. The van der Waals surface area contributed by atoms with Crippen LogP contribution in [-0.4, -0.2) is 9.67 Å². The highest BCUT2D eigenvalue weighted by Gasteiger charge is 2.13. The van der Waals surface area contributed by atoms with Gasteiger partial charge >= 0.3 is 0 Å². The number of nitrogens with two attached hydrogens (primary N) is 1. The molecule has 4 heteroatoms. The number of aromatic hydroxyl groups is 1. The lowest BCUT2D eigenvalue weighted by molar-refractivity contribution is 0.475. The Bertz CT molecular complexity index is 716. The van der Waals surface area contributed by atoms with E-state index in [1.807, 2.05) is 41.0 Å². The first kappa shape index (κ1) is 11.2. The Morgan fingerprint density at radius 2 is 1.67 bits per heavy atom. The number of phenols is 1. The topological polar surface area (TPSA) is 51.2 Å². The van der Waals surface area contributed by atoms with Gasteiger partial charge in [0.1, 0.15) is 10.4 Å². The van der Waals surface area contributed by atoms with E-state index in [-0.39, 0.29) is 5.75 Å². The minimum atomic E-state index is 0.249. The van der Waals surface area contributed by atoms with Crippen LogP contribution in [0.4, 0.5) is 5.69 Å². The van der Waals surface area contributed by atoms with Crippen LogP contribution in [0.1, 0.15) is 0 Å². The molecule has 18 heavy (non-hydrogen) atoms. The Morgan fingerprint density at radius 3 is 2.39 bits per heavy atom. The van der Waals surface area contributed by atoms with Crippen LogP contribution in [-0.2, 0) is 0 Å². The molecule has 0 spiro atoms. The fourth-order valence-electron chi connectivity index (χ4n) is 2.09. The van der Waals surface area contributed by atoms with Crippen molar-refractivity contribution in [2.45, 2.75) is 0 Å². The summed E-state index contributed by atoms with van der Waals surface area (Å²) in [4.78, 5) is 0. The van der Waals surface area contributed by atoms with Crippen LogP contribution in [0.3, 0.4) is 0 Å². The van der Waals surface area contributed by atoms with Gasteiger partial charge in [-0.3, -0.25) is 0 Å². The Morgan fingerprint density at radius 1 is 1.00 bits per heavy atom. The average molecular weight is 303 g/mol. The summed E-state index contributed by atoms with van der Waals surface area (Å²) in [6.07, 6.45) is 0. The normalized spacial score (nSPS) is 10.9. The largest absolute Gasteiger partial charge is 0.508 e. The highest BCUT2D eigenvalue weighted by atomic mass is 79.9. The van der Waals surface area contributed by atoms with Crippen LogP contribution < -0.4 is 5.73 Å². The zero-order chi connectivity index (χ0) is 12.7. The molecule has 3 rings (SSSR count).